The molecule has 3 rings (SSSR count). The Kier molecular flexibility index (Phi) is 4.33. The fourth-order valence-electron chi connectivity index (χ4n) is 2.71. The molecule has 1 unspecified atom stereocenters. The summed E-state index contributed by atoms with van der Waals surface area (Å²) in [7, 11) is 0. The first-order chi connectivity index (χ1) is 10.6. The highest BCUT2D eigenvalue weighted by molar-refractivity contribution is 7.13. The normalized spacial score (nSPS) is 18.3. The topological polar surface area (TPSA) is 71.0 Å². The fourth-order valence-corrected chi connectivity index (χ4v) is 3.25. The van der Waals surface area contributed by atoms with Gasteiger partial charge < -0.3 is 10.2 Å². The third kappa shape index (κ3) is 3.41. The Morgan fingerprint density at radius 3 is 2.82 bits per heavy atom. The highest BCUT2D eigenvalue weighted by Crippen LogP contribution is 2.22. The number of hydrogen-bond donors (Lipinski definition) is 1. The highest BCUT2D eigenvalue weighted by Gasteiger charge is 2.27. The number of aromatic nitrogens is 3. The summed E-state index contributed by atoms with van der Waals surface area (Å²) in [6.45, 7) is 5.48. The molecule has 6 nitrogen and oxygen atoms in total. The van der Waals surface area contributed by atoms with Crippen LogP contribution in [-0.4, -0.2) is 33.9 Å². The van der Waals surface area contributed by atoms with Crippen molar-refractivity contribution in [3.63, 3.8) is 0 Å². The third-order valence-electron chi connectivity index (χ3n) is 3.71. The highest BCUT2D eigenvalue weighted by atomic mass is 32.1. The maximum absolute atomic E-state index is 12.4. The minimum atomic E-state index is -0.0536. The van der Waals surface area contributed by atoms with Crippen molar-refractivity contribution in [3.05, 3.63) is 29.0 Å². The minimum Gasteiger partial charge on any atom is -0.340 e. The van der Waals surface area contributed by atoms with Crippen LogP contribution in [0, 0.1) is 19.8 Å². The smallest absolute Gasteiger partial charge is 0.231 e. The quantitative estimate of drug-likeness (QED) is 0.941. The standard InChI is InChI=1S/C15H19N5OS/c1-10-8-11(2)18-14(17-10)20-6-3-4-12(9-20)13(21)19-15-16-5-7-22-15/h5,7-8,12H,3-4,6,9H2,1-2H3,(H,16,19,21). The van der Waals surface area contributed by atoms with Crippen molar-refractivity contribution in [1.82, 2.24) is 15.0 Å². The van der Waals surface area contributed by atoms with Gasteiger partial charge in [-0.3, -0.25) is 4.79 Å². The molecule has 2 aromatic rings. The third-order valence-corrected chi connectivity index (χ3v) is 4.40. The zero-order chi connectivity index (χ0) is 15.5. The molecule has 0 aliphatic carbocycles. The van der Waals surface area contributed by atoms with Gasteiger partial charge in [0.2, 0.25) is 11.9 Å². The van der Waals surface area contributed by atoms with Crippen molar-refractivity contribution in [2.45, 2.75) is 26.7 Å². The van der Waals surface area contributed by atoms with Crippen LogP contribution in [0.25, 0.3) is 0 Å². The number of nitrogens with one attached hydrogen (secondary N) is 1. The molecule has 1 fully saturated rings. The number of piperidine rings is 1. The molecule has 1 aliphatic rings. The van der Waals surface area contributed by atoms with Crippen molar-refractivity contribution < 1.29 is 4.79 Å². The van der Waals surface area contributed by atoms with E-state index < -0.39 is 0 Å². The van der Waals surface area contributed by atoms with E-state index in [4.69, 9.17) is 0 Å². The van der Waals surface area contributed by atoms with E-state index in [2.05, 4.69) is 25.2 Å². The van der Waals surface area contributed by atoms with E-state index in [0.29, 0.717) is 11.7 Å². The number of hydrogen-bond acceptors (Lipinski definition) is 6. The Hall–Kier alpha value is -2.02. The predicted octanol–water partition coefficient (Wildman–Crippen LogP) is 2.41. The molecule has 22 heavy (non-hydrogen) atoms. The van der Waals surface area contributed by atoms with Crippen molar-refractivity contribution in [2.75, 3.05) is 23.3 Å². The molecule has 3 heterocycles. The van der Waals surface area contributed by atoms with E-state index in [-0.39, 0.29) is 11.8 Å². The van der Waals surface area contributed by atoms with Crippen LogP contribution in [0.1, 0.15) is 24.2 Å². The van der Waals surface area contributed by atoms with E-state index in [1.807, 2.05) is 25.3 Å². The van der Waals surface area contributed by atoms with Crippen molar-refractivity contribution in [1.29, 1.82) is 0 Å². The molecule has 1 N–H and O–H groups in total. The monoisotopic (exact) mass is 317 g/mol. The van der Waals surface area contributed by atoms with Crippen molar-refractivity contribution in [2.24, 2.45) is 5.92 Å². The fraction of sp³-hybridized carbons (Fsp3) is 0.467. The maximum Gasteiger partial charge on any atom is 0.231 e. The zero-order valence-corrected chi connectivity index (χ0v) is 13.6. The van der Waals surface area contributed by atoms with E-state index in [0.717, 1.165) is 36.7 Å². The van der Waals surface area contributed by atoms with Gasteiger partial charge in [-0.15, -0.1) is 11.3 Å². The van der Waals surface area contributed by atoms with E-state index in [9.17, 15) is 4.79 Å². The van der Waals surface area contributed by atoms with Crippen LogP contribution >= 0.6 is 11.3 Å². The number of aryl methyl sites for hydroxylation is 2. The summed E-state index contributed by atoms with van der Waals surface area (Å²) in [5.74, 6) is 0.704. The van der Waals surface area contributed by atoms with Gasteiger partial charge in [0.15, 0.2) is 5.13 Å². The lowest BCUT2D eigenvalue weighted by Gasteiger charge is -2.32. The van der Waals surface area contributed by atoms with Gasteiger partial charge >= 0.3 is 0 Å². The van der Waals surface area contributed by atoms with Gasteiger partial charge in [0.25, 0.3) is 0 Å². The number of amides is 1. The summed E-state index contributed by atoms with van der Waals surface area (Å²) in [6, 6.07) is 1.96. The zero-order valence-electron chi connectivity index (χ0n) is 12.7. The average Bonchev–Trinajstić information content (AvgIpc) is 2.99. The van der Waals surface area contributed by atoms with Gasteiger partial charge in [0, 0.05) is 36.1 Å². The number of thiazole rings is 1. The van der Waals surface area contributed by atoms with Gasteiger partial charge in [-0.05, 0) is 32.8 Å². The summed E-state index contributed by atoms with van der Waals surface area (Å²) in [5.41, 5.74) is 1.91. The molecule has 1 atom stereocenters. The Bertz CT molecular complexity index is 638. The van der Waals surface area contributed by atoms with E-state index >= 15 is 0 Å². The minimum absolute atomic E-state index is 0.0315. The number of carbonyl (C=O) groups excluding carboxylic acids is 1. The second-order valence-corrected chi connectivity index (χ2v) is 6.46. The summed E-state index contributed by atoms with van der Waals surface area (Å²) < 4.78 is 0. The molecule has 7 heteroatoms. The van der Waals surface area contributed by atoms with Crippen LogP contribution in [-0.2, 0) is 4.79 Å². The summed E-state index contributed by atoms with van der Waals surface area (Å²) in [6.07, 6.45) is 3.54. The lowest BCUT2D eigenvalue weighted by molar-refractivity contribution is -0.120. The lowest BCUT2D eigenvalue weighted by Crippen LogP contribution is -2.41. The SMILES string of the molecule is Cc1cc(C)nc(N2CCCC(C(=O)Nc3nccs3)C2)n1. The van der Waals surface area contributed by atoms with E-state index in [1.165, 1.54) is 11.3 Å². The summed E-state index contributed by atoms with van der Waals surface area (Å²) in [5, 5.41) is 5.40. The molecule has 0 saturated carbocycles. The molecule has 1 saturated heterocycles. The molecular formula is C15H19N5OS. The van der Waals surface area contributed by atoms with Gasteiger partial charge in [0.05, 0.1) is 5.92 Å². The predicted molar refractivity (Wildman–Crippen MR) is 87.2 cm³/mol. The maximum atomic E-state index is 12.4. The van der Waals surface area contributed by atoms with Crippen molar-refractivity contribution in [3.8, 4) is 0 Å². The Labute approximate surface area is 133 Å². The Balaban J connectivity index is 1.69. The molecule has 0 bridgehead atoms. The van der Waals surface area contributed by atoms with Crippen LogP contribution in [0.5, 0.6) is 0 Å². The van der Waals surface area contributed by atoms with Crippen LogP contribution in [0.3, 0.4) is 0 Å². The van der Waals surface area contributed by atoms with Crippen LogP contribution in [0.4, 0.5) is 11.1 Å². The second-order valence-electron chi connectivity index (χ2n) is 5.56. The van der Waals surface area contributed by atoms with E-state index in [1.54, 1.807) is 6.20 Å². The first-order valence-electron chi connectivity index (χ1n) is 7.39. The molecule has 2 aromatic heterocycles. The molecule has 116 valence electrons. The van der Waals surface area contributed by atoms with Crippen molar-refractivity contribution >= 4 is 28.3 Å². The molecule has 1 aliphatic heterocycles. The summed E-state index contributed by atoms with van der Waals surface area (Å²) in [4.78, 5) is 27.6. The molecule has 1 amide bonds. The number of nitrogens with zero attached hydrogens (tertiary/aromatic N) is 4. The van der Waals surface area contributed by atoms with Gasteiger partial charge in [-0.2, -0.15) is 0 Å². The largest absolute Gasteiger partial charge is 0.340 e. The molecular weight excluding hydrogens is 298 g/mol. The van der Waals surface area contributed by atoms with Gasteiger partial charge in [-0.25, -0.2) is 15.0 Å². The first-order valence-corrected chi connectivity index (χ1v) is 8.27. The molecule has 0 spiro atoms. The van der Waals surface area contributed by atoms with Gasteiger partial charge in [-0.1, -0.05) is 0 Å². The Morgan fingerprint density at radius 2 is 2.14 bits per heavy atom. The van der Waals surface area contributed by atoms with Gasteiger partial charge in [0.1, 0.15) is 0 Å². The number of rotatable bonds is 3. The number of carbonyl (C=O) groups is 1. The molecule has 0 radical (unpaired) electrons. The average molecular weight is 317 g/mol. The first kappa shape index (κ1) is 14.9. The summed E-state index contributed by atoms with van der Waals surface area (Å²) >= 11 is 1.43. The van der Waals surface area contributed by atoms with Crippen LogP contribution < -0.4 is 10.2 Å². The second kappa shape index (κ2) is 6.39. The van der Waals surface area contributed by atoms with Crippen LogP contribution in [0.2, 0.25) is 0 Å². The number of anilines is 2. The lowest BCUT2D eigenvalue weighted by atomic mass is 9.97. The van der Waals surface area contributed by atoms with Crippen LogP contribution in [0.15, 0.2) is 17.6 Å². The Morgan fingerprint density at radius 1 is 1.36 bits per heavy atom. The molecule has 0 aromatic carbocycles.